The number of halogens is 1. The second-order valence-electron chi connectivity index (χ2n) is 11.4. The lowest BCUT2D eigenvalue weighted by Crippen LogP contribution is -2.67. The first-order valence-corrected chi connectivity index (χ1v) is 15.7. The summed E-state index contributed by atoms with van der Waals surface area (Å²) < 4.78 is 64.9. The minimum atomic E-state index is -2.05. The van der Waals surface area contributed by atoms with Gasteiger partial charge in [0.1, 0.15) is 31.6 Å². The van der Waals surface area contributed by atoms with Crippen molar-refractivity contribution in [2.24, 2.45) is 0 Å². The van der Waals surface area contributed by atoms with Crippen LogP contribution in [0.4, 0.5) is 4.39 Å². The maximum Gasteiger partial charge on any atom is 0.338 e. The fourth-order valence-corrected chi connectivity index (χ4v) is 5.43. The van der Waals surface area contributed by atoms with Gasteiger partial charge in [-0.15, -0.1) is 0 Å². The maximum atomic E-state index is 14.7. The van der Waals surface area contributed by atoms with Crippen LogP contribution in [0.15, 0.2) is 60.7 Å². The first kappa shape index (κ1) is 38.8. The van der Waals surface area contributed by atoms with Gasteiger partial charge < -0.3 is 47.7 Å². The smallest absolute Gasteiger partial charge is 0.338 e. The Bertz CT molecular complexity index is 1540. The van der Waals surface area contributed by atoms with Crippen molar-refractivity contribution in [2.45, 2.75) is 89.1 Å². The molecule has 2 saturated heterocycles. The minimum Gasteiger partial charge on any atom is -0.463 e. The molecule has 2 heterocycles. The van der Waals surface area contributed by atoms with E-state index in [1.165, 1.54) is 36.4 Å². The lowest BCUT2D eigenvalue weighted by Gasteiger charge is -2.48. The number of carbonyl (C=O) groups is 6. The molecule has 2 aliphatic rings. The molecule has 0 aromatic heterocycles. The molecule has 0 saturated carbocycles. The third-order valence-electron chi connectivity index (χ3n) is 7.51. The zero-order chi connectivity index (χ0) is 37.2. The van der Waals surface area contributed by atoms with Crippen LogP contribution in [0.25, 0.3) is 0 Å². The zero-order valence-corrected chi connectivity index (χ0v) is 27.9. The van der Waals surface area contributed by atoms with Crippen LogP contribution in [0.2, 0.25) is 0 Å². The Morgan fingerprint density at radius 1 is 0.588 bits per heavy atom. The Morgan fingerprint density at radius 3 is 1.55 bits per heavy atom. The van der Waals surface area contributed by atoms with E-state index in [1.54, 1.807) is 24.3 Å². The van der Waals surface area contributed by atoms with Crippen LogP contribution >= 0.6 is 0 Å². The van der Waals surface area contributed by atoms with Crippen LogP contribution in [0.3, 0.4) is 0 Å². The van der Waals surface area contributed by atoms with E-state index in [0.29, 0.717) is 0 Å². The highest BCUT2D eigenvalue weighted by molar-refractivity contribution is 5.90. The highest BCUT2D eigenvalue weighted by atomic mass is 19.1. The van der Waals surface area contributed by atoms with Crippen molar-refractivity contribution in [3.63, 3.8) is 0 Å². The van der Waals surface area contributed by atoms with E-state index < -0.39 is 111 Å². The van der Waals surface area contributed by atoms with Crippen LogP contribution in [0.5, 0.6) is 0 Å². The number of aliphatic hydroxyl groups is 1. The van der Waals surface area contributed by atoms with Gasteiger partial charge in [-0.25, -0.2) is 14.0 Å². The molecule has 16 nitrogen and oxygen atoms in total. The lowest BCUT2D eigenvalue weighted by atomic mass is 9.96. The summed E-state index contributed by atoms with van der Waals surface area (Å²) in [5.41, 5.74) is 0.0666. The standard InChI is InChI=1S/C34H37FO16/c1-17(36)43-16-24-26(44-18(2)37)28(45-19(3)38)30(46-20(4)39)34(48-24)51-25-23(15-35)47-33(42)29(50-32(41)22-13-9-6-10-14-22)27(25)49-31(40)21-11-7-5-8-12-21/h5-14,23-30,33-34,42H,15-16H2,1-4H3/t23-,24-,25-,26+,27+,28+,29+,30-,33+,34+/m1/s1. The van der Waals surface area contributed by atoms with Gasteiger partial charge in [0.2, 0.25) is 0 Å². The molecular weight excluding hydrogens is 683 g/mol. The fourth-order valence-electron chi connectivity index (χ4n) is 5.43. The average Bonchev–Trinajstić information content (AvgIpc) is 3.08. The summed E-state index contributed by atoms with van der Waals surface area (Å²) in [7, 11) is 0. The molecule has 17 heteroatoms. The topological polar surface area (TPSA) is 206 Å². The van der Waals surface area contributed by atoms with Crippen molar-refractivity contribution in [1.29, 1.82) is 0 Å². The first-order valence-electron chi connectivity index (χ1n) is 15.7. The number of aliphatic hydroxyl groups excluding tert-OH is 1. The number of benzene rings is 2. The summed E-state index contributed by atoms with van der Waals surface area (Å²) in [6, 6.07) is 15.1. The van der Waals surface area contributed by atoms with Gasteiger partial charge in [0.25, 0.3) is 0 Å². The highest BCUT2D eigenvalue weighted by Crippen LogP contribution is 2.35. The van der Waals surface area contributed by atoms with Gasteiger partial charge >= 0.3 is 35.8 Å². The van der Waals surface area contributed by atoms with Crippen LogP contribution in [0, 0.1) is 0 Å². The van der Waals surface area contributed by atoms with E-state index in [0.717, 1.165) is 27.7 Å². The first-order chi connectivity index (χ1) is 24.3. The SMILES string of the molecule is CC(=O)OC[C@H]1O[C@@H](O[C@H]2[C@H](OC(=O)c3ccccc3)[C@H](OC(=O)c3ccccc3)[C@@H](O)O[C@@H]2CF)[C@H](OC(C)=O)[C@@H](OC(C)=O)[C@H]1OC(C)=O. The summed E-state index contributed by atoms with van der Waals surface area (Å²) in [5, 5.41) is 11.0. The van der Waals surface area contributed by atoms with E-state index >= 15 is 0 Å². The number of hydrogen-bond donors (Lipinski definition) is 1. The molecule has 0 aliphatic carbocycles. The van der Waals surface area contributed by atoms with E-state index in [2.05, 4.69) is 0 Å². The molecule has 51 heavy (non-hydrogen) atoms. The summed E-state index contributed by atoms with van der Waals surface area (Å²) in [6.07, 6.45) is -17.6. The predicted octanol–water partition coefficient (Wildman–Crippen LogP) is 1.59. The number of hydrogen-bond acceptors (Lipinski definition) is 16. The number of esters is 6. The molecule has 2 aromatic rings. The van der Waals surface area contributed by atoms with Gasteiger partial charge in [-0.1, -0.05) is 36.4 Å². The van der Waals surface area contributed by atoms with Crippen molar-refractivity contribution in [2.75, 3.05) is 13.3 Å². The maximum absolute atomic E-state index is 14.7. The molecule has 0 radical (unpaired) electrons. The number of rotatable bonds is 12. The predicted molar refractivity (Wildman–Crippen MR) is 165 cm³/mol. The second-order valence-corrected chi connectivity index (χ2v) is 11.4. The summed E-state index contributed by atoms with van der Waals surface area (Å²) in [4.78, 5) is 75.0. The van der Waals surface area contributed by atoms with Gasteiger partial charge in [-0.2, -0.15) is 0 Å². The summed E-state index contributed by atoms with van der Waals surface area (Å²) >= 11 is 0. The van der Waals surface area contributed by atoms with Crippen LogP contribution in [-0.4, -0.2) is 116 Å². The number of ether oxygens (including phenoxy) is 9. The molecule has 276 valence electrons. The van der Waals surface area contributed by atoms with Crippen LogP contribution in [0.1, 0.15) is 48.4 Å². The molecule has 4 rings (SSSR count). The fraction of sp³-hybridized carbons (Fsp3) is 0.471. The van der Waals surface area contributed by atoms with Crippen molar-refractivity contribution in [3.05, 3.63) is 71.8 Å². The molecule has 2 aliphatic heterocycles. The zero-order valence-electron chi connectivity index (χ0n) is 27.9. The van der Waals surface area contributed by atoms with E-state index in [-0.39, 0.29) is 11.1 Å². The molecule has 2 aromatic carbocycles. The van der Waals surface area contributed by atoms with E-state index in [1.807, 2.05) is 0 Å². The van der Waals surface area contributed by atoms with E-state index in [4.69, 9.17) is 42.6 Å². The Hall–Kier alpha value is -4.97. The monoisotopic (exact) mass is 720 g/mol. The summed E-state index contributed by atoms with van der Waals surface area (Å²) in [5.74, 6) is -5.50. The number of alkyl halides is 1. The third-order valence-corrected chi connectivity index (χ3v) is 7.51. The molecule has 1 N–H and O–H groups in total. The molecular formula is C34H37FO16. The van der Waals surface area contributed by atoms with Gasteiger partial charge in [-0.3, -0.25) is 19.2 Å². The normalized spacial score (nSPS) is 28.7. The Labute approximate surface area is 290 Å². The molecule has 0 spiro atoms. The van der Waals surface area contributed by atoms with Crippen molar-refractivity contribution in [1.82, 2.24) is 0 Å². The Balaban J connectivity index is 1.79. The quantitative estimate of drug-likeness (QED) is 0.244. The third kappa shape index (κ3) is 10.3. The molecule has 0 bridgehead atoms. The van der Waals surface area contributed by atoms with Gasteiger partial charge in [0.05, 0.1) is 11.1 Å². The average molecular weight is 721 g/mol. The van der Waals surface area contributed by atoms with Gasteiger partial charge in [0, 0.05) is 27.7 Å². The second kappa shape index (κ2) is 17.8. The largest absolute Gasteiger partial charge is 0.463 e. The van der Waals surface area contributed by atoms with Crippen LogP contribution < -0.4 is 0 Å². The number of carbonyl (C=O) groups excluding carboxylic acids is 6. The lowest BCUT2D eigenvalue weighted by molar-refractivity contribution is -0.354. The van der Waals surface area contributed by atoms with Crippen molar-refractivity contribution >= 4 is 35.8 Å². The van der Waals surface area contributed by atoms with Crippen molar-refractivity contribution < 1.29 is 80.9 Å². The highest BCUT2D eigenvalue weighted by Gasteiger charge is 2.57. The van der Waals surface area contributed by atoms with Crippen LogP contribution in [-0.2, 0) is 61.8 Å². The summed E-state index contributed by atoms with van der Waals surface area (Å²) in [6.45, 7) is 2.17. The van der Waals surface area contributed by atoms with Gasteiger partial charge in [0.15, 0.2) is 43.1 Å². The van der Waals surface area contributed by atoms with Crippen molar-refractivity contribution in [3.8, 4) is 0 Å². The minimum absolute atomic E-state index is 0.0227. The molecule has 2 fully saturated rings. The molecule has 10 atom stereocenters. The Kier molecular flexibility index (Phi) is 13.6. The molecule has 0 unspecified atom stereocenters. The Morgan fingerprint density at radius 2 is 1.06 bits per heavy atom. The molecule has 0 amide bonds. The van der Waals surface area contributed by atoms with Gasteiger partial charge in [-0.05, 0) is 24.3 Å². The van der Waals surface area contributed by atoms with E-state index in [9.17, 15) is 38.3 Å².